The van der Waals surface area contributed by atoms with Crippen LogP contribution in [0, 0.1) is 0 Å². The van der Waals surface area contributed by atoms with E-state index in [4.69, 9.17) is 4.52 Å². The lowest BCUT2D eigenvalue weighted by molar-refractivity contribution is -0.688. The van der Waals surface area contributed by atoms with Gasteiger partial charge in [0, 0.05) is 45.0 Å². The van der Waals surface area contributed by atoms with E-state index in [-0.39, 0.29) is 12.4 Å². The van der Waals surface area contributed by atoms with E-state index in [0.717, 1.165) is 35.7 Å². The van der Waals surface area contributed by atoms with Gasteiger partial charge in [-0.15, -0.1) is 24.2 Å². The molecule has 1 aliphatic rings. The van der Waals surface area contributed by atoms with Gasteiger partial charge in [0.25, 0.3) is 0 Å². The molecule has 28 heavy (non-hydrogen) atoms. The van der Waals surface area contributed by atoms with Crippen LogP contribution in [0.1, 0.15) is 11.1 Å². The predicted octanol–water partition coefficient (Wildman–Crippen LogP) is 5.41. The van der Waals surface area contributed by atoms with Gasteiger partial charge in [0.15, 0.2) is 24.7 Å². The first-order valence-corrected chi connectivity index (χ1v) is 10.1. The highest BCUT2D eigenvalue weighted by molar-refractivity contribution is 7.99. The Morgan fingerprint density at radius 3 is 2.50 bits per heavy atom. The number of nitrogens with zero attached hydrogens (tertiary/aromatic N) is 2. The van der Waals surface area contributed by atoms with Crippen molar-refractivity contribution in [3.8, 4) is 22.6 Å². The number of benzene rings is 2. The van der Waals surface area contributed by atoms with Gasteiger partial charge < -0.3 is 4.52 Å². The third kappa shape index (κ3) is 3.58. The number of rotatable bonds is 3. The molecule has 0 amide bonds. The van der Waals surface area contributed by atoms with Crippen LogP contribution in [-0.4, -0.2) is 10.9 Å². The Labute approximate surface area is 174 Å². The monoisotopic (exact) mass is 407 g/mol. The van der Waals surface area contributed by atoms with Gasteiger partial charge in [-0.25, -0.2) is 4.57 Å². The van der Waals surface area contributed by atoms with Crippen LogP contribution in [0.15, 0.2) is 88.5 Å². The van der Waals surface area contributed by atoms with Crippen molar-refractivity contribution in [2.24, 2.45) is 0 Å². The smallest absolute Gasteiger partial charge is 0.173 e. The molecule has 3 heterocycles. The Balaban J connectivity index is 0.00000192. The average Bonchev–Trinajstić information content (AvgIpc) is 3.05. The maximum absolute atomic E-state index is 5.81. The van der Waals surface area contributed by atoms with Crippen molar-refractivity contribution in [3.63, 3.8) is 0 Å². The molecule has 2 aromatic carbocycles. The standard InChI is InChI=1S/C23H19N2OS.ClH/c1-2-6-17(7-3-1)16-25-13-10-18(11-14-25)23-20-12-15-27-21-9-5-4-8-19(21)22(20)24-26-23;/h1-11,13-14H,12,15-16H2;1H/q+1;. The first-order valence-electron chi connectivity index (χ1n) is 9.12. The molecular weight excluding hydrogens is 388 g/mol. The van der Waals surface area contributed by atoms with E-state index in [9.17, 15) is 0 Å². The fourth-order valence-electron chi connectivity index (χ4n) is 3.54. The van der Waals surface area contributed by atoms with Crippen molar-refractivity contribution in [1.82, 2.24) is 5.16 Å². The lowest BCUT2D eigenvalue weighted by atomic mass is 10.0. The molecule has 0 unspecified atom stereocenters. The minimum atomic E-state index is 0. The van der Waals surface area contributed by atoms with Crippen LogP contribution in [0.3, 0.4) is 0 Å². The van der Waals surface area contributed by atoms with Gasteiger partial charge in [-0.3, -0.25) is 0 Å². The van der Waals surface area contributed by atoms with Crippen molar-refractivity contribution in [3.05, 3.63) is 90.3 Å². The molecule has 4 aromatic rings. The summed E-state index contributed by atoms with van der Waals surface area (Å²) in [6.07, 6.45) is 5.18. The minimum Gasteiger partial charge on any atom is -0.355 e. The van der Waals surface area contributed by atoms with Gasteiger partial charge in [-0.2, -0.15) is 0 Å². The molecule has 140 valence electrons. The largest absolute Gasteiger partial charge is 0.355 e. The van der Waals surface area contributed by atoms with Crippen molar-refractivity contribution in [2.45, 2.75) is 17.9 Å². The van der Waals surface area contributed by atoms with Gasteiger partial charge in [0.2, 0.25) is 0 Å². The highest BCUT2D eigenvalue weighted by atomic mass is 35.5. The maximum Gasteiger partial charge on any atom is 0.173 e. The number of aromatic nitrogens is 2. The SMILES string of the molecule is Cl.c1ccc(C[n+]2ccc(-c3onc4c3CCSc3ccccc3-4)cc2)cc1. The molecule has 0 radical (unpaired) electrons. The Hall–Kier alpha value is -2.56. The molecule has 0 saturated carbocycles. The molecule has 0 bridgehead atoms. The number of fused-ring (bicyclic) bond motifs is 3. The van der Waals surface area contributed by atoms with Crippen LogP contribution < -0.4 is 4.57 Å². The molecule has 0 N–H and O–H groups in total. The summed E-state index contributed by atoms with van der Waals surface area (Å²) in [4.78, 5) is 1.28. The Morgan fingerprint density at radius 2 is 1.68 bits per heavy atom. The predicted molar refractivity (Wildman–Crippen MR) is 115 cm³/mol. The van der Waals surface area contributed by atoms with Gasteiger partial charge in [0.1, 0.15) is 5.69 Å². The van der Waals surface area contributed by atoms with Crippen molar-refractivity contribution >= 4 is 24.2 Å². The third-order valence-electron chi connectivity index (χ3n) is 4.90. The highest BCUT2D eigenvalue weighted by Crippen LogP contribution is 2.40. The number of halogens is 1. The zero-order chi connectivity index (χ0) is 18.1. The van der Waals surface area contributed by atoms with Crippen LogP contribution in [0.25, 0.3) is 22.6 Å². The number of hydrogen-bond donors (Lipinski definition) is 0. The molecule has 5 rings (SSSR count). The van der Waals surface area contributed by atoms with Gasteiger partial charge in [-0.05, 0) is 12.5 Å². The molecule has 0 saturated heterocycles. The van der Waals surface area contributed by atoms with E-state index >= 15 is 0 Å². The van der Waals surface area contributed by atoms with Crippen molar-refractivity contribution in [2.75, 3.05) is 5.75 Å². The average molecular weight is 408 g/mol. The summed E-state index contributed by atoms with van der Waals surface area (Å²) in [6, 6.07) is 23.2. The fourth-order valence-corrected chi connectivity index (χ4v) is 4.56. The van der Waals surface area contributed by atoms with E-state index in [1.807, 2.05) is 17.8 Å². The summed E-state index contributed by atoms with van der Waals surface area (Å²) in [5.74, 6) is 1.94. The number of pyridine rings is 1. The molecule has 0 fully saturated rings. The highest BCUT2D eigenvalue weighted by Gasteiger charge is 2.23. The fraction of sp³-hybridized carbons (Fsp3) is 0.130. The molecular formula is C23H20ClN2OS+. The van der Waals surface area contributed by atoms with Crippen LogP contribution >= 0.6 is 24.2 Å². The van der Waals surface area contributed by atoms with E-state index in [0.29, 0.717) is 0 Å². The first-order chi connectivity index (χ1) is 13.4. The summed E-state index contributed by atoms with van der Waals surface area (Å²) in [6.45, 7) is 0.861. The normalized spacial score (nSPS) is 12.4. The lowest BCUT2D eigenvalue weighted by Gasteiger charge is -2.02. The Bertz CT molecular complexity index is 1080. The number of hydrogen-bond acceptors (Lipinski definition) is 3. The van der Waals surface area contributed by atoms with Crippen molar-refractivity contribution < 1.29 is 9.09 Å². The van der Waals surface area contributed by atoms with Crippen LogP contribution in [0.4, 0.5) is 0 Å². The minimum absolute atomic E-state index is 0. The topological polar surface area (TPSA) is 29.9 Å². The molecule has 0 aliphatic carbocycles. The second-order valence-electron chi connectivity index (χ2n) is 6.68. The Kier molecular flexibility index (Phi) is 5.51. The third-order valence-corrected chi connectivity index (χ3v) is 5.98. The summed E-state index contributed by atoms with van der Waals surface area (Å²) < 4.78 is 7.99. The van der Waals surface area contributed by atoms with E-state index in [1.54, 1.807) is 0 Å². The molecule has 0 atom stereocenters. The van der Waals surface area contributed by atoms with Gasteiger partial charge >= 0.3 is 0 Å². The van der Waals surface area contributed by atoms with Gasteiger partial charge in [-0.1, -0.05) is 53.7 Å². The Morgan fingerprint density at radius 1 is 0.929 bits per heavy atom. The summed E-state index contributed by atoms with van der Waals surface area (Å²) >= 11 is 1.89. The van der Waals surface area contributed by atoms with E-state index in [2.05, 4.69) is 82.8 Å². The molecule has 2 aromatic heterocycles. The molecule has 5 heteroatoms. The quantitative estimate of drug-likeness (QED) is 0.425. The second kappa shape index (κ2) is 8.21. The summed E-state index contributed by atoms with van der Waals surface area (Å²) in [7, 11) is 0. The van der Waals surface area contributed by atoms with E-state index in [1.165, 1.54) is 21.6 Å². The molecule has 0 spiro atoms. The molecule has 1 aliphatic heterocycles. The zero-order valence-corrected chi connectivity index (χ0v) is 16.9. The zero-order valence-electron chi connectivity index (χ0n) is 15.2. The number of thioether (sulfide) groups is 1. The molecule has 3 nitrogen and oxygen atoms in total. The maximum atomic E-state index is 5.81. The first kappa shape index (κ1) is 18.8. The van der Waals surface area contributed by atoms with Crippen LogP contribution in [0.2, 0.25) is 0 Å². The second-order valence-corrected chi connectivity index (χ2v) is 7.81. The van der Waals surface area contributed by atoms with Crippen molar-refractivity contribution in [1.29, 1.82) is 0 Å². The van der Waals surface area contributed by atoms with E-state index < -0.39 is 0 Å². The van der Waals surface area contributed by atoms with Gasteiger partial charge in [0.05, 0.1) is 0 Å². The van der Waals surface area contributed by atoms with Crippen LogP contribution in [-0.2, 0) is 13.0 Å². The summed E-state index contributed by atoms with van der Waals surface area (Å²) in [5, 5.41) is 4.43. The van der Waals surface area contributed by atoms with Crippen LogP contribution in [0.5, 0.6) is 0 Å². The summed E-state index contributed by atoms with van der Waals surface area (Å²) in [5.41, 5.74) is 5.76. The lowest BCUT2D eigenvalue weighted by Crippen LogP contribution is -2.32.